The second-order valence-electron chi connectivity index (χ2n) is 6.11. The lowest BCUT2D eigenvalue weighted by molar-refractivity contribution is 0.0533. The molecule has 1 aromatic heterocycles. The van der Waals surface area contributed by atoms with E-state index in [-0.39, 0.29) is 5.97 Å². The van der Waals surface area contributed by atoms with Crippen LogP contribution in [0.1, 0.15) is 66.6 Å². The van der Waals surface area contributed by atoms with E-state index in [4.69, 9.17) is 10.5 Å². The first-order chi connectivity index (χ1) is 10.2. The average Bonchev–Trinajstić information content (AvgIpc) is 3.05. The van der Waals surface area contributed by atoms with Crippen LogP contribution in [0.5, 0.6) is 0 Å². The van der Waals surface area contributed by atoms with Crippen molar-refractivity contribution < 1.29 is 9.53 Å². The Morgan fingerprint density at radius 3 is 2.67 bits per heavy atom. The van der Waals surface area contributed by atoms with Gasteiger partial charge in [-0.2, -0.15) is 0 Å². The number of nitrogens with one attached hydrogen (secondary N) is 1. The average molecular weight is 308 g/mol. The van der Waals surface area contributed by atoms with Gasteiger partial charge in [0.05, 0.1) is 17.3 Å². The summed E-state index contributed by atoms with van der Waals surface area (Å²) in [6.07, 6.45) is 7.70. The third-order valence-electron chi connectivity index (χ3n) is 4.46. The van der Waals surface area contributed by atoms with E-state index in [1.165, 1.54) is 55.4 Å². The first-order valence-electron chi connectivity index (χ1n) is 8.03. The molecule has 2 fully saturated rings. The summed E-state index contributed by atoms with van der Waals surface area (Å²) in [5.41, 5.74) is 8.05. The minimum Gasteiger partial charge on any atom is -0.462 e. The molecule has 0 unspecified atom stereocenters. The summed E-state index contributed by atoms with van der Waals surface area (Å²) in [6, 6.07) is 0. The van der Waals surface area contributed by atoms with Crippen LogP contribution in [0, 0.1) is 5.92 Å². The van der Waals surface area contributed by atoms with Gasteiger partial charge in [-0.05, 0) is 44.4 Å². The predicted octanol–water partition coefficient (Wildman–Crippen LogP) is 3.99. The van der Waals surface area contributed by atoms with Crippen LogP contribution in [0.2, 0.25) is 0 Å². The fourth-order valence-electron chi connectivity index (χ4n) is 3.17. The topological polar surface area (TPSA) is 64.3 Å². The van der Waals surface area contributed by atoms with Crippen LogP contribution >= 0.6 is 11.3 Å². The summed E-state index contributed by atoms with van der Waals surface area (Å²) in [6.45, 7) is 3.21. The highest BCUT2D eigenvalue weighted by Crippen LogP contribution is 2.51. The Morgan fingerprint density at radius 2 is 2.05 bits per heavy atom. The van der Waals surface area contributed by atoms with Gasteiger partial charge in [0.15, 0.2) is 0 Å². The van der Waals surface area contributed by atoms with Crippen molar-refractivity contribution in [3.8, 4) is 0 Å². The van der Waals surface area contributed by atoms with Crippen molar-refractivity contribution in [2.75, 3.05) is 24.2 Å². The first-order valence-corrected chi connectivity index (χ1v) is 8.85. The van der Waals surface area contributed by atoms with Crippen LogP contribution in [0.25, 0.3) is 0 Å². The molecule has 0 radical (unpaired) electrons. The van der Waals surface area contributed by atoms with Crippen LogP contribution in [-0.4, -0.2) is 19.1 Å². The number of nitrogen functional groups attached to an aromatic ring is 1. The third kappa shape index (κ3) is 3.18. The maximum absolute atomic E-state index is 12.0. The van der Waals surface area contributed by atoms with Gasteiger partial charge in [0.1, 0.15) is 4.88 Å². The molecule has 0 spiro atoms. The molecule has 2 aliphatic carbocycles. The Balaban J connectivity index is 1.77. The number of hydrogen-bond donors (Lipinski definition) is 2. The number of nitrogens with two attached hydrogens (primary N) is 1. The molecular formula is C16H24N2O2S. The van der Waals surface area contributed by atoms with Crippen LogP contribution in [0.4, 0.5) is 10.7 Å². The predicted molar refractivity (Wildman–Crippen MR) is 87.1 cm³/mol. The van der Waals surface area contributed by atoms with E-state index in [1.807, 2.05) is 6.92 Å². The Morgan fingerprint density at radius 1 is 1.33 bits per heavy atom. The van der Waals surface area contributed by atoms with Gasteiger partial charge in [-0.25, -0.2) is 4.79 Å². The van der Waals surface area contributed by atoms with E-state index in [1.54, 1.807) is 0 Å². The van der Waals surface area contributed by atoms with Crippen molar-refractivity contribution in [3.63, 3.8) is 0 Å². The molecule has 1 heterocycles. The molecule has 0 amide bonds. The summed E-state index contributed by atoms with van der Waals surface area (Å²) < 4.78 is 5.12. The minimum atomic E-state index is -0.282. The summed E-state index contributed by atoms with van der Waals surface area (Å²) in [5.74, 6) is 1.03. The number of carbonyl (C=O) groups excluding carboxylic acids is 1. The molecule has 0 atom stereocenters. The third-order valence-corrected chi connectivity index (χ3v) is 5.62. The molecule has 0 aromatic carbocycles. The van der Waals surface area contributed by atoms with Crippen molar-refractivity contribution in [1.82, 2.24) is 0 Å². The highest BCUT2D eigenvalue weighted by Gasteiger charge is 2.33. The SMILES string of the molecule is CCOC(=O)c1sc(NCC2CCCC2)c(C2CC2)c1N. The van der Waals surface area contributed by atoms with E-state index < -0.39 is 0 Å². The van der Waals surface area contributed by atoms with Gasteiger partial charge >= 0.3 is 5.97 Å². The molecule has 116 valence electrons. The molecule has 21 heavy (non-hydrogen) atoms. The van der Waals surface area contributed by atoms with Crippen molar-refractivity contribution in [2.45, 2.75) is 51.4 Å². The van der Waals surface area contributed by atoms with Gasteiger partial charge in [0, 0.05) is 12.1 Å². The molecule has 2 saturated carbocycles. The largest absolute Gasteiger partial charge is 0.462 e. The molecule has 3 rings (SSSR count). The van der Waals surface area contributed by atoms with E-state index in [0.717, 1.165) is 17.5 Å². The molecule has 5 heteroatoms. The first kappa shape index (κ1) is 14.7. The number of hydrogen-bond acceptors (Lipinski definition) is 5. The molecule has 0 bridgehead atoms. The van der Waals surface area contributed by atoms with Gasteiger partial charge < -0.3 is 15.8 Å². The molecule has 2 aliphatic rings. The lowest BCUT2D eigenvalue weighted by atomic mass is 10.1. The summed E-state index contributed by atoms with van der Waals surface area (Å²) >= 11 is 1.48. The van der Waals surface area contributed by atoms with Crippen molar-refractivity contribution in [3.05, 3.63) is 10.4 Å². The maximum Gasteiger partial charge on any atom is 0.350 e. The quantitative estimate of drug-likeness (QED) is 0.780. The smallest absolute Gasteiger partial charge is 0.350 e. The Hall–Kier alpha value is -1.23. The van der Waals surface area contributed by atoms with Gasteiger partial charge in [0.2, 0.25) is 0 Å². The Bertz CT molecular complexity index is 517. The van der Waals surface area contributed by atoms with Crippen molar-refractivity contribution in [1.29, 1.82) is 0 Å². The fraction of sp³-hybridized carbons (Fsp3) is 0.688. The lowest BCUT2D eigenvalue weighted by Crippen LogP contribution is -2.11. The zero-order chi connectivity index (χ0) is 14.8. The van der Waals surface area contributed by atoms with Gasteiger partial charge in [-0.3, -0.25) is 0 Å². The molecular weight excluding hydrogens is 284 g/mol. The number of carbonyl (C=O) groups is 1. The summed E-state index contributed by atoms with van der Waals surface area (Å²) in [4.78, 5) is 12.6. The Kier molecular flexibility index (Phi) is 4.38. The normalized spacial score (nSPS) is 18.9. The van der Waals surface area contributed by atoms with Gasteiger partial charge in [-0.15, -0.1) is 11.3 Å². The van der Waals surface area contributed by atoms with Crippen molar-refractivity contribution >= 4 is 28.0 Å². The standard InChI is InChI=1S/C16H24N2O2S/c1-2-20-16(19)14-13(17)12(11-7-8-11)15(21-14)18-9-10-5-3-4-6-10/h10-11,18H,2-9,17H2,1H3. The van der Waals surface area contributed by atoms with E-state index in [2.05, 4.69) is 5.32 Å². The highest BCUT2D eigenvalue weighted by atomic mass is 32.1. The Labute approximate surface area is 130 Å². The summed E-state index contributed by atoms with van der Waals surface area (Å²) in [7, 11) is 0. The minimum absolute atomic E-state index is 0.282. The molecule has 0 aliphatic heterocycles. The van der Waals surface area contributed by atoms with Crippen LogP contribution < -0.4 is 11.1 Å². The number of ether oxygens (including phenoxy) is 1. The second-order valence-corrected chi connectivity index (χ2v) is 7.13. The summed E-state index contributed by atoms with van der Waals surface area (Å²) in [5, 5.41) is 4.67. The highest BCUT2D eigenvalue weighted by molar-refractivity contribution is 7.18. The number of rotatable bonds is 6. The van der Waals surface area contributed by atoms with Gasteiger partial charge in [-0.1, -0.05) is 12.8 Å². The zero-order valence-corrected chi connectivity index (χ0v) is 13.4. The van der Waals surface area contributed by atoms with Gasteiger partial charge in [0.25, 0.3) is 0 Å². The van der Waals surface area contributed by atoms with E-state index in [9.17, 15) is 4.79 Å². The van der Waals surface area contributed by atoms with Crippen LogP contribution in [-0.2, 0) is 4.74 Å². The zero-order valence-electron chi connectivity index (χ0n) is 12.6. The molecule has 3 N–H and O–H groups in total. The maximum atomic E-state index is 12.0. The second kappa shape index (κ2) is 6.26. The number of esters is 1. The van der Waals surface area contributed by atoms with Crippen LogP contribution in [0.3, 0.4) is 0 Å². The molecule has 0 saturated heterocycles. The fourth-order valence-corrected chi connectivity index (χ4v) is 4.27. The number of anilines is 2. The lowest BCUT2D eigenvalue weighted by Gasteiger charge is -2.12. The van der Waals surface area contributed by atoms with Crippen molar-refractivity contribution in [2.24, 2.45) is 5.92 Å². The van der Waals surface area contributed by atoms with Crippen LogP contribution in [0.15, 0.2) is 0 Å². The molecule has 4 nitrogen and oxygen atoms in total. The monoisotopic (exact) mass is 308 g/mol. The molecule has 1 aromatic rings. The van der Waals surface area contributed by atoms with E-state index >= 15 is 0 Å². The van der Waals surface area contributed by atoms with E-state index in [0.29, 0.717) is 23.1 Å². The number of thiophene rings is 1.